The quantitative estimate of drug-likeness (QED) is 0.788. The number of nitrogens with one attached hydrogen (secondary N) is 2. The maximum Gasteiger partial charge on any atom is 0.246 e. The van der Waals surface area contributed by atoms with Gasteiger partial charge in [-0.1, -0.05) is 13.8 Å². The first-order chi connectivity index (χ1) is 7.56. The summed E-state index contributed by atoms with van der Waals surface area (Å²) in [5.74, 6) is -0.0231. The van der Waals surface area contributed by atoms with Crippen molar-refractivity contribution in [2.75, 3.05) is 26.3 Å². The van der Waals surface area contributed by atoms with Crippen molar-refractivity contribution in [3.05, 3.63) is 0 Å². The lowest BCUT2D eigenvalue weighted by molar-refractivity contribution is -0.125. The molecule has 0 saturated carbocycles. The summed E-state index contributed by atoms with van der Waals surface area (Å²) in [6, 6.07) is 0.367. The standard InChI is InChI=1S/C12H24N2O2.ClH/c1-4-16-9-11(15)14-8-10-12(2,3)6-5-7-13-10;/h10,13H,4-9H2,1-3H3,(H,14,15);1H. The molecule has 0 aromatic carbocycles. The molecule has 1 aliphatic heterocycles. The second-order valence-electron chi connectivity index (χ2n) is 5.04. The molecule has 1 fully saturated rings. The van der Waals surface area contributed by atoms with Crippen molar-refractivity contribution < 1.29 is 9.53 Å². The summed E-state index contributed by atoms with van der Waals surface area (Å²) in [5, 5.41) is 6.38. The number of carbonyl (C=O) groups excluding carboxylic acids is 1. The van der Waals surface area contributed by atoms with Gasteiger partial charge in [0.2, 0.25) is 5.91 Å². The zero-order valence-electron chi connectivity index (χ0n) is 11.0. The summed E-state index contributed by atoms with van der Waals surface area (Å²) >= 11 is 0. The second kappa shape index (κ2) is 7.90. The van der Waals surface area contributed by atoms with Crippen LogP contribution in [0.5, 0.6) is 0 Å². The molecule has 0 aliphatic carbocycles. The van der Waals surface area contributed by atoms with E-state index in [0.717, 1.165) is 6.54 Å². The van der Waals surface area contributed by atoms with E-state index in [1.54, 1.807) is 0 Å². The Balaban J connectivity index is 0.00000256. The predicted molar refractivity (Wildman–Crippen MR) is 71.6 cm³/mol. The first-order valence-electron chi connectivity index (χ1n) is 6.14. The van der Waals surface area contributed by atoms with E-state index in [9.17, 15) is 4.79 Å². The summed E-state index contributed by atoms with van der Waals surface area (Å²) in [6.07, 6.45) is 2.43. The molecule has 1 saturated heterocycles. The minimum Gasteiger partial charge on any atom is -0.372 e. The van der Waals surface area contributed by atoms with Crippen molar-refractivity contribution >= 4 is 18.3 Å². The van der Waals surface area contributed by atoms with E-state index >= 15 is 0 Å². The Morgan fingerprint density at radius 3 is 2.82 bits per heavy atom. The van der Waals surface area contributed by atoms with E-state index in [4.69, 9.17) is 4.74 Å². The number of ether oxygens (including phenoxy) is 1. The van der Waals surface area contributed by atoms with E-state index in [1.165, 1.54) is 12.8 Å². The highest BCUT2D eigenvalue weighted by Gasteiger charge is 2.31. The van der Waals surface area contributed by atoms with Crippen LogP contribution < -0.4 is 10.6 Å². The lowest BCUT2D eigenvalue weighted by Gasteiger charge is -2.39. The molecule has 0 spiro atoms. The number of amides is 1. The third kappa shape index (κ3) is 5.70. The number of hydrogen-bond donors (Lipinski definition) is 2. The van der Waals surface area contributed by atoms with Crippen LogP contribution in [0.2, 0.25) is 0 Å². The molecule has 2 N–H and O–H groups in total. The van der Waals surface area contributed by atoms with E-state index in [-0.39, 0.29) is 30.3 Å². The highest BCUT2D eigenvalue weighted by Crippen LogP contribution is 2.29. The van der Waals surface area contributed by atoms with Crippen molar-refractivity contribution in [3.63, 3.8) is 0 Å². The van der Waals surface area contributed by atoms with E-state index in [0.29, 0.717) is 19.2 Å². The van der Waals surface area contributed by atoms with Crippen molar-refractivity contribution in [1.82, 2.24) is 10.6 Å². The Hall–Kier alpha value is -0.320. The zero-order valence-corrected chi connectivity index (χ0v) is 11.9. The lowest BCUT2D eigenvalue weighted by Crippen LogP contribution is -2.53. The number of carbonyl (C=O) groups is 1. The van der Waals surface area contributed by atoms with Gasteiger partial charge in [-0.25, -0.2) is 0 Å². The predicted octanol–water partition coefficient (Wildman–Crippen LogP) is 1.34. The molecule has 0 bridgehead atoms. The Kier molecular flexibility index (Phi) is 7.75. The molecule has 0 aromatic rings. The largest absolute Gasteiger partial charge is 0.372 e. The van der Waals surface area contributed by atoms with E-state index in [1.807, 2.05) is 6.92 Å². The van der Waals surface area contributed by atoms with Crippen LogP contribution in [0.15, 0.2) is 0 Å². The number of rotatable bonds is 5. The first-order valence-corrected chi connectivity index (χ1v) is 6.14. The zero-order chi connectivity index (χ0) is 12.0. The molecule has 0 radical (unpaired) electrons. The topological polar surface area (TPSA) is 50.4 Å². The molecule has 4 nitrogen and oxygen atoms in total. The molecule has 17 heavy (non-hydrogen) atoms. The van der Waals surface area contributed by atoms with E-state index in [2.05, 4.69) is 24.5 Å². The number of hydrogen-bond acceptors (Lipinski definition) is 3. The Bertz CT molecular complexity index is 235. The van der Waals surface area contributed by atoms with Crippen LogP contribution in [0.4, 0.5) is 0 Å². The fraction of sp³-hybridized carbons (Fsp3) is 0.917. The maximum absolute atomic E-state index is 11.4. The van der Waals surface area contributed by atoms with Gasteiger partial charge in [-0.3, -0.25) is 4.79 Å². The summed E-state index contributed by atoms with van der Waals surface area (Å²) < 4.78 is 5.05. The molecule has 1 heterocycles. The summed E-state index contributed by atoms with van der Waals surface area (Å²) in [6.45, 7) is 8.88. The van der Waals surface area contributed by atoms with Gasteiger partial charge in [0.25, 0.3) is 0 Å². The molecule has 5 heteroatoms. The molecule has 1 aliphatic rings. The molecule has 1 rings (SSSR count). The fourth-order valence-electron chi connectivity index (χ4n) is 2.08. The van der Waals surface area contributed by atoms with Crippen LogP contribution in [0, 0.1) is 5.41 Å². The Labute approximate surface area is 110 Å². The van der Waals surface area contributed by atoms with Gasteiger partial charge >= 0.3 is 0 Å². The average molecular weight is 265 g/mol. The molecule has 1 amide bonds. The highest BCUT2D eigenvalue weighted by atomic mass is 35.5. The van der Waals surface area contributed by atoms with Gasteiger partial charge in [0.1, 0.15) is 6.61 Å². The minimum atomic E-state index is -0.0231. The molecule has 1 atom stereocenters. The Morgan fingerprint density at radius 1 is 1.53 bits per heavy atom. The monoisotopic (exact) mass is 264 g/mol. The van der Waals surface area contributed by atoms with Crippen LogP contribution >= 0.6 is 12.4 Å². The molecule has 1 unspecified atom stereocenters. The van der Waals surface area contributed by atoms with Gasteiger partial charge in [0, 0.05) is 19.2 Å². The van der Waals surface area contributed by atoms with Crippen molar-refractivity contribution in [2.45, 2.75) is 39.7 Å². The molecular formula is C12H25ClN2O2. The minimum absolute atomic E-state index is 0. The van der Waals surface area contributed by atoms with Crippen molar-refractivity contribution in [2.24, 2.45) is 5.41 Å². The second-order valence-corrected chi connectivity index (χ2v) is 5.04. The first kappa shape index (κ1) is 16.7. The van der Waals surface area contributed by atoms with Crippen LogP contribution in [0.1, 0.15) is 33.6 Å². The normalized spacial score (nSPS) is 22.6. The van der Waals surface area contributed by atoms with Gasteiger partial charge in [0.15, 0.2) is 0 Å². The van der Waals surface area contributed by atoms with Crippen molar-refractivity contribution in [1.29, 1.82) is 0 Å². The number of piperidine rings is 1. The lowest BCUT2D eigenvalue weighted by atomic mass is 9.77. The summed E-state index contributed by atoms with van der Waals surface area (Å²) in [7, 11) is 0. The number of halogens is 1. The van der Waals surface area contributed by atoms with E-state index < -0.39 is 0 Å². The van der Waals surface area contributed by atoms with Crippen LogP contribution in [-0.4, -0.2) is 38.3 Å². The van der Waals surface area contributed by atoms with Gasteiger partial charge in [0.05, 0.1) is 0 Å². The smallest absolute Gasteiger partial charge is 0.246 e. The van der Waals surface area contributed by atoms with Crippen LogP contribution in [0.25, 0.3) is 0 Å². The van der Waals surface area contributed by atoms with Gasteiger partial charge in [-0.05, 0) is 31.7 Å². The summed E-state index contributed by atoms with van der Waals surface area (Å²) in [4.78, 5) is 11.4. The average Bonchev–Trinajstić information content (AvgIpc) is 2.24. The fourth-order valence-corrected chi connectivity index (χ4v) is 2.08. The van der Waals surface area contributed by atoms with Gasteiger partial charge in [-0.15, -0.1) is 12.4 Å². The van der Waals surface area contributed by atoms with Gasteiger partial charge in [-0.2, -0.15) is 0 Å². The molecular weight excluding hydrogens is 240 g/mol. The van der Waals surface area contributed by atoms with Crippen molar-refractivity contribution in [3.8, 4) is 0 Å². The third-order valence-corrected chi connectivity index (χ3v) is 3.27. The molecule has 0 aromatic heterocycles. The van der Waals surface area contributed by atoms with Gasteiger partial charge < -0.3 is 15.4 Å². The maximum atomic E-state index is 11.4. The third-order valence-electron chi connectivity index (χ3n) is 3.27. The molecule has 102 valence electrons. The SMILES string of the molecule is CCOCC(=O)NCC1NCCCC1(C)C.Cl. The van der Waals surface area contributed by atoms with Crippen LogP contribution in [0.3, 0.4) is 0 Å². The Morgan fingerprint density at radius 2 is 2.24 bits per heavy atom. The summed E-state index contributed by atoms with van der Waals surface area (Å²) in [5.41, 5.74) is 0.261. The highest BCUT2D eigenvalue weighted by molar-refractivity contribution is 5.85. The van der Waals surface area contributed by atoms with Crippen LogP contribution in [-0.2, 0) is 9.53 Å².